The maximum Gasteiger partial charge on any atom is 0.338 e. The molecule has 3 nitrogen and oxygen atoms in total. The van der Waals surface area contributed by atoms with Crippen molar-refractivity contribution in [2.75, 3.05) is 6.61 Å². The number of aliphatic hydroxyl groups excluding tert-OH is 1. The average molecular weight is 220 g/mol. The lowest BCUT2D eigenvalue weighted by Crippen LogP contribution is -2.17. The number of benzene rings is 1. The molecule has 1 unspecified atom stereocenters. The monoisotopic (exact) mass is 220 g/mol. The van der Waals surface area contributed by atoms with Gasteiger partial charge in [0.1, 0.15) is 6.10 Å². The Bertz CT molecular complexity index is 343. The van der Waals surface area contributed by atoms with Crippen molar-refractivity contribution in [3.63, 3.8) is 0 Å². The molecule has 16 heavy (non-hydrogen) atoms. The SMILES string of the molecule is CC=CC(CCO)OC(=O)c1ccccc1. The zero-order valence-corrected chi connectivity index (χ0v) is 9.30. The Morgan fingerprint density at radius 2 is 2.12 bits per heavy atom. The van der Waals surface area contributed by atoms with Crippen molar-refractivity contribution < 1.29 is 14.6 Å². The van der Waals surface area contributed by atoms with E-state index in [2.05, 4.69) is 0 Å². The van der Waals surface area contributed by atoms with Gasteiger partial charge >= 0.3 is 5.97 Å². The van der Waals surface area contributed by atoms with E-state index in [1.807, 2.05) is 13.0 Å². The van der Waals surface area contributed by atoms with Gasteiger partial charge in [-0.15, -0.1) is 0 Å². The molecule has 0 spiro atoms. The van der Waals surface area contributed by atoms with E-state index in [1.54, 1.807) is 36.4 Å². The van der Waals surface area contributed by atoms with E-state index in [0.29, 0.717) is 12.0 Å². The summed E-state index contributed by atoms with van der Waals surface area (Å²) in [4.78, 5) is 11.7. The van der Waals surface area contributed by atoms with E-state index in [4.69, 9.17) is 9.84 Å². The summed E-state index contributed by atoms with van der Waals surface area (Å²) >= 11 is 0. The summed E-state index contributed by atoms with van der Waals surface area (Å²) < 4.78 is 5.23. The summed E-state index contributed by atoms with van der Waals surface area (Å²) in [5.74, 6) is -0.364. The minimum atomic E-state index is -0.364. The van der Waals surface area contributed by atoms with Crippen molar-refractivity contribution in [2.24, 2.45) is 0 Å². The van der Waals surface area contributed by atoms with Gasteiger partial charge in [0.05, 0.1) is 5.56 Å². The molecule has 0 fully saturated rings. The average Bonchev–Trinajstić information content (AvgIpc) is 2.31. The fraction of sp³-hybridized carbons (Fsp3) is 0.308. The van der Waals surface area contributed by atoms with Crippen molar-refractivity contribution in [3.05, 3.63) is 48.0 Å². The molecule has 0 aromatic heterocycles. The highest BCUT2D eigenvalue weighted by atomic mass is 16.5. The first-order valence-corrected chi connectivity index (χ1v) is 5.27. The Balaban J connectivity index is 2.61. The van der Waals surface area contributed by atoms with E-state index in [0.717, 1.165) is 0 Å². The molecule has 0 saturated carbocycles. The Morgan fingerprint density at radius 3 is 2.69 bits per heavy atom. The van der Waals surface area contributed by atoms with E-state index >= 15 is 0 Å². The fourth-order valence-electron chi connectivity index (χ4n) is 1.32. The largest absolute Gasteiger partial charge is 0.454 e. The van der Waals surface area contributed by atoms with Gasteiger partial charge in [0.15, 0.2) is 0 Å². The third-order valence-corrected chi connectivity index (χ3v) is 2.09. The van der Waals surface area contributed by atoms with Crippen LogP contribution in [0, 0.1) is 0 Å². The lowest BCUT2D eigenvalue weighted by atomic mass is 10.2. The number of esters is 1. The van der Waals surface area contributed by atoms with Gasteiger partial charge in [0.25, 0.3) is 0 Å². The number of carbonyl (C=O) groups is 1. The van der Waals surface area contributed by atoms with Crippen molar-refractivity contribution in [1.29, 1.82) is 0 Å². The molecule has 0 aliphatic heterocycles. The van der Waals surface area contributed by atoms with Crippen LogP contribution in [-0.4, -0.2) is 23.8 Å². The zero-order valence-electron chi connectivity index (χ0n) is 9.30. The van der Waals surface area contributed by atoms with Gasteiger partial charge in [-0.05, 0) is 25.1 Å². The standard InChI is InChI=1S/C13H16O3/c1-2-6-12(9-10-14)16-13(15)11-7-4-3-5-8-11/h2-8,12,14H,9-10H2,1H3. The summed E-state index contributed by atoms with van der Waals surface area (Å²) in [7, 11) is 0. The number of aliphatic hydroxyl groups is 1. The first-order chi connectivity index (χ1) is 7.77. The number of hydrogen-bond acceptors (Lipinski definition) is 3. The van der Waals surface area contributed by atoms with E-state index < -0.39 is 0 Å². The first-order valence-electron chi connectivity index (χ1n) is 5.27. The van der Waals surface area contributed by atoms with Crippen LogP contribution in [0.4, 0.5) is 0 Å². The summed E-state index contributed by atoms with van der Waals surface area (Å²) in [5, 5.41) is 8.82. The van der Waals surface area contributed by atoms with Crippen LogP contribution in [-0.2, 0) is 4.74 Å². The molecule has 1 atom stereocenters. The molecular formula is C13H16O3. The van der Waals surface area contributed by atoms with Crippen LogP contribution in [0.25, 0.3) is 0 Å². The normalized spacial score (nSPS) is 12.6. The Labute approximate surface area is 95.4 Å². The van der Waals surface area contributed by atoms with Gasteiger partial charge in [-0.1, -0.05) is 24.3 Å². The third-order valence-electron chi connectivity index (χ3n) is 2.09. The van der Waals surface area contributed by atoms with Crippen molar-refractivity contribution in [3.8, 4) is 0 Å². The molecule has 0 radical (unpaired) electrons. The van der Waals surface area contributed by atoms with Crippen molar-refractivity contribution in [1.82, 2.24) is 0 Å². The van der Waals surface area contributed by atoms with Gasteiger partial charge in [0, 0.05) is 13.0 Å². The van der Waals surface area contributed by atoms with E-state index in [1.165, 1.54) is 0 Å². The van der Waals surface area contributed by atoms with Crippen LogP contribution in [0.3, 0.4) is 0 Å². The number of allylic oxidation sites excluding steroid dienone is 1. The molecule has 3 heteroatoms. The topological polar surface area (TPSA) is 46.5 Å². The molecule has 86 valence electrons. The lowest BCUT2D eigenvalue weighted by molar-refractivity contribution is 0.0350. The number of carbonyl (C=O) groups excluding carboxylic acids is 1. The smallest absolute Gasteiger partial charge is 0.338 e. The highest BCUT2D eigenvalue weighted by Gasteiger charge is 2.12. The molecule has 0 aliphatic carbocycles. The van der Waals surface area contributed by atoms with Crippen LogP contribution in [0.5, 0.6) is 0 Å². The molecule has 0 amide bonds. The first kappa shape index (κ1) is 12.5. The molecule has 0 aliphatic rings. The summed E-state index contributed by atoms with van der Waals surface area (Å²) in [5.41, 5.74) is 0.523. The van der Waals surface area contributed by atoms with Gasteiger partial charge in [-0.25, -0.2) is 4.79 Å². The summed E-state index contributed by atoms with van der Waals surface area (Å²) in [6, 6.07) is 8.82. The Hall–Kier alpha value is -1.61. The number of rotatable bonds is 5. The highest BCUT2D eigenvalue weighted by molar-refractivity contribution is 5.89. The second-order valence-corrected chi connectivity index (χ2v) is 3.35. The van der Waals surface area contributed by atoms with Crippen LogP contribution in [0.1, 0.15) is 23.7 Å². The molecule has 1 rings (SSSR count). The molecule has 0 saturated heterocycles. The van der Waals surface area contributed by atoms with E-state index in [9.17, 15) is 4.79 Å². The van der Waals surface area contributed by atoms with Crippen LogP contribution in [0.2, 0.25) is 0 Å². The molecule has 1 aromatic carbocycles. The molecule has 0 bridgehead atoms. The molecule has 1 aromatic rings. The second-order valence-electron chi connectivity index (χ2n) is 3.35. The molecular weight excluding hydrogens is 204 g/mol. The van der Waals surface area contributed by atoms with Crippen LogP contribution >= 0.6 is 0 Å². The zero-order chi connectivity index (χ0) is 11.8. The summed E-state index contributed by atoms with van der Waals surface area (Å²) in [6.45, 7) is 1.85. The summed E-state index contributed by atoms with van der Waals surface area (Å²) in [6.07, 6.45) is 3.63. The van der Waals surface area contributed by atoms with Crippen LogP contribution in [0.15, 0.2) is 42.5 Å². The van der Waals surface area contributed by atoms with Crippen LogP contribution < -0.4 is 0 Å². The third kappa shape index (κ3) is 3.87. The van der Waals surface area contributed by atoms with Gasteiger partial charge in [-0.3, -0.25) is 0 Å². The van der Waals surface area contributed by atoms with Crippen molar-refractivity contribution in [2.45, 2.75) is 19.4 Å². The Kier molecular flexibility index (Phi) is 5.29. The number of ether oxygens (including phenoxy) is 1. The minimum absolute atomic E-state index is 0.00290. The highest BCUT2D eigenvalue weighted by Crippen LogP contribution is 2.07. The second kappa shape index (κ2) is 6.80. The van der Waals surface area contributed by atoms with Gasteiger partial charge < -0.3 is 9.84 Å². The molecule has 1 N–H and O–H groups in total. The van der Waals surface area contributed by atoms with Gasteiger partial charge in [0.2, 0.25) is 0 Å². The number of hydrogen-bond donors (Lipinski definition) is 1. The molecule has 0 heterocycles. The fourth-order valence-corrected chi connectivity index (χ4v) is 1.32. The Morgan fingerprint density at radius 1 is 1.44 bits per heavy atom. The predicted molar refractivity (Wildman–Crippen MR) is 62.2 cm³/mol. The van der Waals surface area contributed by atoms with Crippen molar-refractivity contribution >= 4 is 5.97 Å². The predicted octanol–water partition coefficient (Wildman–Crippen LogP) is 2.17. The quantitative estimate of drug-likeness (QED) is 0.611. The maximum absolute atomic E-state index is 11.7. The van der Waals surface area contributed by atoms with E-state index in [-0.39, 0.29) is 18.7 Å². The maximum atomic E-state index is 11.7. The van der Waals surface area contributed by atoms with Gasteiger partial charge in [-0.2, -0.15) is 0 Å². The minimum Gasteiger partial charge on any atom is -0.454 e. The lowest BCUT2D eigenvalue weighted by Gasteiger charge is -2.12.